The number of carbonyl (C=O) groups excluding carboxylic acids is 2. The molecule has 2 aliphatic heterocycles. The predicted molar refractivity (Wildman–Crippen MR) is 165 cm³/mol. The molecule has 5 aliphatic rings. The zero-order valence-electron chi connectivity index (χ0n) is 25.9. The van der Waals surface area contributed by atoms with Gasteiger partial charge in [0.25, 0.3) is 0 Å². The highest BCUT2D eigenvalue weighted by molar-refractivity contribution is 5.93. The molecule has 5 unspecified atom stereocenters. The van der Waals surface area contributed by atoms with E-state index in [0.29, 0.717) is 55.4 Å². The highest BCUT2D eigenvalue weighted by atomic mass is 16.5. The largest absolute Gasteiger partial charge is 0.493 e. The molecule has 5 atom stereocenters. The molecule has 1 saturated heterocycles. The van der Waals surface area contributed by atoms with E-state index in [9.17, 15) is 9.59 Å². The number of carbonyl (C=O) groups is 2. The maximum Gasteiger partial charge on any atom is 0.324 e. The second-order valence-electron chi connectivity index (χ2n) is 13.4. The Balaban J connectivity index is 1.11. The van der Waals surface area contributed by atoms with E-state index in [1.54, 1.807) is 7.11 Å². The molecule has 226 valence electrons. The number of anilines is 1. The Morgan fingerprint density at radius 3 is 2.57 bits per heavy atom. The molecule has 42 heavy (non-hydrogen) atoms. The number of rotatable bonds is 12. The lowest BCUT2D eigenvalue weighted by molar-refractivity contribution is -0.124. The number of hydrogen-bond donors (Lipinski definition) is 0. The summed E-state index contributed by atoms with van der Waals surface area (Å²) < 4.78 is 11.7. The number of benzene rings is 1. The van der Waals surface area contributed by atoms with Gasteiger partial charge in [0, 0.05) is 60.0 Å². The van der Waals surface area contributed by atoms with Crippen molar-refractivity contribution in [1.82, 2.24) is 9.80 Å². The average molecular weight is 574 g/mol. The van der Waals surface area contributed by atoms with Gasteiger partial charge in [-0.15, -0.1) is 0 Å². The first kappa shape index (κ1) is 28.9. The van der Waals surface area contributed by atoms with Crippen molar-refractivity contribution in [1.29, 1.82) is 0 Å². The van der Waals surface area contributed by atoms with Gasteiger partial charge < -0.3 is 19.3 Å². The summed E-state index contributed by atoms with van der Waals surface area (Å²) in [5.41, 5.74) is 1.79. The van der Waals surface area contributed by atoms with Crippen molar-refractivity contribution in [3.63, 3.8) is 0 Å². The van der Waals surface area contributed by atoms with Gasteiger partial charge in [0.1, 0.15) is 0 Å². The molecule has 0 radical (unpaired) electrons. The van der Waals surface area contributed by atoms with Crippen molar-refractivity contribution < 1.29 is 19.1 Å². The zero-order valence-corrected chi connectivity index (χ0v) is 25.9. The van der Waals surface area contributed by atoms with Crippen LogP contribution in [0.4, 0.5) is 10.5 Å². The SMILES string of the molecule is COc1ccc(N2CCC(C)N(CC3C=CC=C4C3C=CN4CC(=O)C3(C)C(C)C3C)C2=O)cc1OCCCC1CC1. The number of Topliss-reactive ketones (excluding diaryl/α,β-unsaturated/α-hetero) is 1. The van der Waals surface area contributed by atoms with Crippen LogP contribution in [0.5, 0.6) is 11.5 Å². The topological polar surface area (TPSA) is 62.3 Å². The van der Waals surface area contributed by atoms with Gasteiger partial charge in [-0.3, -0.25) is 9.69 Å². The van der Waals surface area contributed by atoms with Gasteiger partial charge >= 0.3 is 6.03 Å². The van der Waals surface area contributed by atoms with Crippen LogP contribution in [0, 0.1) is 35.0 Å². The third-order valence-electron chi connectivity index (χ3n) is 11.0. The van der Waals surface area contributed by atoms with Crippen molar-refractivity contribution in [3.05, 3.63) is 54.4 Å². The van der Waals surface area contributed by atoms with Crippen LogP contribution in [-0.2, 0) is 4.79 Å². The fraction of sp³-hybridized carbons (Fsp3) is 0.600. The summed E-state index contributed by atoms with van der Waals surface area (Å²) in [5, 5.41) is 0. The Morgan fingerprint density at radius 2 is 1.86 bits per heavy atom. The molecule has 2 amide bonds. The number of hydrogen-bond acceptors (Lipinski definition) is 5. The van der Waals surface area contributed by atoms with Crippen molar-refractivity contribution in [3.8, 4) is 11.5 Å². The van der Waals surface area contributed by atoms with Gasteiger partial charge in [0.15, 0.2) is 17.3 Å². The molecule has 3 fully saturated rings. The van der Waals surface area contributed by atoms with Gasteiger partial charge in [-0.2, -0.15) is 0 Å². The van der Waals surface area contributed by atoms with E-state index in [4.69, 9.17) is 9.47 Å². The fourth-order valence-corrected chi connectivity index (χ4v) is 7.24. The third kappa shape index (κ3) is 5.35. The zero-order chi connectivity index (χ0) is 29.6. The van der Waals surface area contributed by atoms with E-state index in [0.717, 1.165) is 30.1 Å². The van der Waals surface area contributed by atoms with E-state index in [-0.39, 0.29) is 29.3 Å². The molecule has 0 N–H and O–H groups in total. The van der Waals surface area contributed by atoms with Crippen LogP contribution in [-0.4, -0.2) is 61.0 Å². The maximum atomic E-state index is 14.0. The molecule has 0 spiro atoms. The van der Waals surface area contributed by atoms with Gasteiger partial charge in [0.05, 0.1) is 20.3 Å². The number of amides is 2. The monoisotopic (exact) mass is 573 g/mol. The first-order valence-corrected chi connectivity index (χ1v) is 16.0. The van der Waals surface area contributed by atoms with Gasteiger partial charge in [0.2, 0.25) is 0 Å². The number of urea groups is 1. The van der Waals surface area contributed by atoms with Crippen LogP contribution in [0.3, 0.4) is 0 Å². The molecule has 7 heteroatoms. The fourth-order valence-electron chi connectivity index (χ4n) is 7.24. The van der Waals surface area contributed by atoms with Crippen molar-refractivity contribution in [2.75, 3.05) is 38.3 Å². The number of methoxy groups -OCH3 is 1. The summed E-state index contributed by atoms with van der Waals surface area (Å²) in [6.45, 7) is 11.0. The van der Waals surface area contributed by atoms with Gasteiger partial charge in [-0.05, 0) is 62.1 Å². The van der Waals surface area contributed by atoms with Crippen molar-refractivity contribution in [2.45, 2.75) is 65.8 Å². The third-order valence-corrected chi connectivity index (χ3v) is 11.0. The normalized spacial score (nSPS) is 31.7. The Hall–Kier alpha value is -3.22. The summed E-state index contributed by atoms with van der Waals surface area (Å²) in [6, 6.07) is 6.00. The van der Waals surface area contributed by atoms with Crippen molar-refractivity contribution >= 4 is 17.5 Å². The minimum Gasteiger partial charge on any atom is -0.493 e. The molecule has 1 aromatic rings. The average Bonchev–Trinajstić information content (AvgIpc) is 3.85. The minimum absolute atomic E-state index is 0.0294. The van der Waals surface area contributed by atoms with Gasteiger partial charge in [-0.1, -0.05) is 51.8 Å². The minimum atomic E-state index is -0.210. The second kappa shape index (κ2) is 11.5. The molecule has 3 aliphatic carbocycles. The van der Waals surface area contributed by atoms with E-state index in [1.165, 1.54) is 19.3 Å². The lowest BCUT2D eigenvalue weighted by Gasteiger charge is -2.42. The molecule has 1 aromatic carbocycles. The molecule has 6 rings (SSSR count). The molecule has 2 saturated carbocycles. The summed E-state index contributed by atoms with van der Waals surface area (Å²) in [4.78, 5) is 33.2. The number of allylic oxidation sites excluding steroid dienone is 3. The second-order valence-corrected chi connectivity index (χ2v) is 13.4. The summed E-state index contributed by atoms with van der Waals surface area (Å²) >= 11 is 0. The molecule has 0 aromatic heterocycles. The lowest BCUT2D eigenvalue weighted by Crippen LogP contribution is -2.55. The number of nitrogens with zero attached hydrogens (tertiary/aromatic N) is 3. The first-order valence-electron chi connectivity index (χ1n) is 16.0. The van der Waals surface area contributed by atoms with E-state index < -0.39 is 0 Å². The predicted octanol–water partition coefficient (Wildman–Crippen LogP) is 6.66. The molecule has 2 heterocycles. The molecular weight excluding hydrogens is 526 g/mol. The number of fused-ring (bicyclic) bond motifs is 1. The van der Waals surface area contributed by atoms with Crippen LogP contribution in [0.1, 0.15) is 59.8 Å². The summed E-state index contributed by atoms with van der Waals surface area (Å²) in [5.74, 6) is 3.80. The van der Waals surface area contributed by atoms with E-state index >= 15 is 0 Å². The number of ketones is 1. The number of ether oxygens (including phenoxy) is 2. The quantitative estimate of drug-likeness (QED) is 0.262. The maximum absolute atomic E-state index is 14.0. The van der Waals surface area contributed by atoms with Crippen LogP contribution < -0.4 is 14.4 Å². The summed E-state index contributed by atoms with van der Waals surface area (Å²) in [7, 11) is 1.66. The Kier molecular flexibility index (Phi) is 7.88. The van der Waals surface area contributed by atoms with Crippen LogP contribution in [0.2, 0.25) is 0 Å². The van der Waals surface area contributed by atoms with Crippen LogP contribution in [0.25, 0.3) is 0 Å². The van der Waals surface area contributed by atoms with E-state index in [1.807, 2.05) is 28.0 Å². The van der Waals surface area contributed by atoms with Crippen LogP contribution >= 0.6 is 0 Å². The molecular formula is C35H47N3O4. The summed E-state index contributed by atoms with van der Waals surface area (Å²) in [6.07, 6.45) is 16.6. The Morgan fingerprint density at radius 1 is 1.07 bits per heavy atom. The van der Waals surface area contributed by atoms with Crippen molar-refractivity contribution in [2.24, 2.45) is 35.0 Å². The molecule has 0 bridgehead atoms. The first-order chi connectivity index (χ1) is 20.2. The van der Waals surface area contributed by atoms with Crippen LogP contribution in [0.15, 0.2) is 54.4 Å². The Labute approximate surface area is 251 Å². The Bertz CT molecular complexity index is 1290. The standard InChI is InChI=1S/C35H47N3O4/c1-23-15-18-37(28-13-14-31(41-5)32(20-28)42-19-7-8-26-11-12-26)34(40)38(23)21-27-9-6-10-30-29(27)16-17-36(30)22-33(39)35(4)24(2)25(35)3/h6,9-10,13-14,16-17,20,23-27,29H,7-8,11-12,15,18-19,21-22H2,1-5H3. The molecule has 7 nitrogen and oxygen atoms in total. The highest BCUT2D eigenvalue weighted by Crippen LogP contribution is 2.58. The van der Waals surface area contributed by atoms with Gasteiger partial charge in [-0.25, -0.2) is 4.79 Å². The highest BCUT2D eigenvalue weighted by Gasteiger charge is 2.60. The lowest BCUT2D eigenvalue weighted by atomic mass is 9.85. The van der Waals surface area contributed by atoms with E-state index in [2.05, 4.69) is 63.1 Å². The smallest absolute Gasteiger partial charge is 0.324 e.